The number of nitrogens with zero attached hydrogens (tertiary/aromatic N) is 6. The number of ether oxygens (including phenoxy) is 1. The average molecular weight is 512 g/mol. The van der Waals surface area contributed by atoms with Crippen molar-refractivity contribution in [2.45, 2.75) is 51.7 Å². The highest BCUT2D eigenvalue weighted by Crippen LogP contribution is 2.38. The van der Waals surface area contributed by atoms with E-state index in [0.717, 1.165) is 60.4 Å². The molecule has 9 nitrogen and oxygen atoms in total. The van der Waals surface area contributed by atoms with Crippen molar-refractivity contribution in [2.75, 3.05) is 20.2 Å². The molecule has 196 valence electrons. The third-order valence-electron chi connectivity index (χ3n) is 7.68. The summed E-state index contributed by atoms with van der Waals surface area (Å²) in [5.41, 5.74) is 8.48. The van der Waals surface area contributed by atoms with Crippen LogP contribution in [-0.4, -0.2) is 59.8 Å². The molecule has 5 heterocycles. The van der Waals surface area contributed by atoms with Crippen molar-refractivity contribution in [3.05, 3.63) is 71.4 Å². The quantitative estimate of drug-likeness (QED) is 0.327. The first kappa shape index (κ1) is 24.5. The number of hydrogen-bond acceptors (Lipinski definition) is 7. The van der Waals surface area contributed by atoms with Crippen LogP contribution < -0.4 is 4.74 Å². The van der Waals surface area contributed by atoms with Crippen LogP contribution in [0.5, 0.6) is 6.01 Å². The average Bonchev–Trinajstić information content (AvgIpc) is 3.58. The van der Waals surface area contributed by atoms with E-state index >= 15 is 0 Å². The van der Waals surface area contributed by atoms with E-state index in [9.17, 15) is 5.11 Å². The van der Waals surface area contributed by atoms with Crippen LogP contribution in [-0.2, 0) is 13.2 Å². The highest BCUT2D eigenvalue weighted by atomic mass is 16.5. The van der Waals surface area contributed by atoms with Gasteiger partial charge < -0.3 is 14.8 Å². The fraction of sp³-hybridized carbons (Fsp3) is 0.379. The second kappa shape index (κ2) is 10.2. The molecule has 1 saturated heterocycles. The Bertz CT molecular complexity index is 1560. The number of fused-ring (bicyclic) bond motifs is 2. The van der Waals surface area contributed by atoms with Crippen molar-refractivity contribution in [1.29, 1.82) is 0 Å². The predicted octanol–water partition coefficient (Wildman–Crippen LogP) is 4.67. The Balaban J connectivity index is 1.26. The molecule has 0 bridgehead atoms. The van der Waals surface area contributed by atoms with Crippen LogP contribution in [0.4, 0.5) is 0 Å². The van der Waals surface area contributed by atoms with Gasteiger partial charge in [0.15, 0.2) is 5.65 Å². The molecule has 2 N–H and O–H groups in total. The fourth-order valence-electron chi connectivity index (χ4n) is 5.77. The van der Waals surface area contributed by atoms with E-state index in [1.54, 1.807) is 11.6 Å². The Hall–Kier alpha value is -3.82. The molecule has 1 aliphatic heterocycles. The number of hydrogen-bond donors (Lipinski definition) is 2. The van der Waals surface area contributed by atoms with E-state index < -0.39 is 0 Å². The van der Waals surface area contributed by atoms with E-state index in [1.165, 1.54) is 22.8 Å². The summed E-state index contributed by atoms with van der Waals surface area (Å²) in [4.78, 5) is 18.9. The third-order valence-corrected chi connectivity index (χ3v) is 7.68. The van der Waals surface area contributed by atoms with E-state index in [1.807, 2.05) is 24.7 Å². The van der Waals surface area contributed by atoms with Crippen molar-refractivity contribution in [3.63, 3.8) is 0 Å². The summed E-state index contributed by atoms with van der Waals surface area (Å²) in [5, 5.41) is 15.5. The van der Waals surface area contributed by atoms with Crippen LogP contribution in [0.15, 0.2) is 49.2 Å². The minimum atomic E-state index is -0.0817. The summed E-state index contributed by atoms with van der Waals surface area (Å²) in [6.07, 6.45) is 9.47. The van der Waals surface area contributed by atoms with Crippen molar-refractivity contribution in [3.8, 4) is 17.3 Å². The number of benzene rings is 1. The Morgan fingerprint density at radius 2 is 1.89 bits per heavy atom. The van der Waals surface area contributed by atoms with Crippen LogP contribution in [0.1, 0.15) is 60.8 Å². The summed E-state index contributed by atoms with van der Waals surface area (Å²) in [5.74, 6) is 0.861. The number of pyridine rings is 1. The third kappa shape index (κ3) is 4.52. The molecule has 1 fully saturated rings. The first-order chi connectivity index (χ1) is 18.5. The number of methoxy groups -OCH3 is 1. The molecule has 0 spiro atoms. The smallest absolute Gasteiger partial charge is 0.316 e. The molecule has 1 aromatic carbocycles. The highest BCUT2D eigenvalue weighted by molar-refractivity contribution is 5.92. The highest BCUT2D eigenvalue weighted by Gasteiger charge is 2.23. The molecule has 4 aromatic heterocycles. The number of piperidine rings is 1. The molecular formula is C29H33N7O2. The van der Waals surface area contributed by atoms with Crippen LogP contribution in [0.25, 0.3) is 27.8 Å². The van der Waals surface area contributed by atoms with Crippen LogP contribution >= 0.6 is 0 Å². The van der Waals surface area contributed by atoms with Gasteiger partial charge in [-0.25, -0.2) is 19.5 Å². The van der Waals surface area contributed by atoms with Gasteiger partial charge in [-0.2, -0.15) is 5.10 Å². The second-order valence-electron chi connectivity index (χ2n) is 10.4. The lowest BCUT2D eigenvalue weighted by molar-refractivity contribution is 0.204. The molecule has 0 radical (unpaired) electrons. The molecule has 0 aliphatic carbocycles. The number of aliphatic hydroxyl groups is 1. The van der Waals surface area contributed by atoms with E-state index in [2.05, 4.69) is 62.0 Å². The molecule has 9 heteroatoms. The maximum Gasteiger partial charge on any atom is 0.316 e. The molecule has 1 aliphatic rings. The SMILES string of the molecule is COc1ncc(CN2CCC(c3ccc4[nH]c(-c5cc(CO)c6ncnn6c5)c(C(C)C)c4c3)CC2)cn1. The molecule has 0 saturated carbocycles. The van der Waals surface area contributed by atoms with Gasteiger partial charge in [0.1, 0.15) is 6.33 Å². The lowest BCUT2D eigenvalue weighted by Crippen LogP contribution is -2.32. The summed E-state index contributed by atoms with van der Waals surface area (Å²) in [6, 6.07) is 9.32. The number of nitrogens with one attached hydrogen (secondary N) is 1. The largest absolute Gasteiger partial charge is 0.467 e. The lowest BCUT2D eigenvalue weighted by Gasteiger charge is -2.32. The lowest BCUT2D eigenvalue weighted by atomic mass is 9.87. The zero-order valence-corrected chi connectivity index (χ0v) is 22.1. The maximum absolute atomic E-state index is 9.94. The van der Waals surface area contributed by atoms with E-state index in [4.69, 9.17) is 4.74 Å². The minimum Gasteiger partial charge on any atom is -0.467 e. The van der Waals surface area contributed by atoms with E-state index in [0.29, 0.717) is 23.5 Å². The zero-order chi connectivity index (χ0) is 26.2. The summed E-state index contributed by atoms with van der Waals surface area (Å²) in [7, 11) is 1.58. The van der Waals surface area contributed by atoms with E-state index in [-0.39, 0.29) is 6.61 Å². The summed E-state index contributed by atoms with van der Waals surface area (Å²) < 4.78 is 6.82. The molecule has 5 aromatic rings. The van der Waals surface area contributed by atoms with Crippen LogP contribution in [0.2, 0.25) is 0 Å². The van der Waals surface area contributed by atoms with Crippen molar-refractivity contribution < 1.29 is 9.84 Å². The normalized spacial score (nSPS) is 15.2. The Kier molecular flexibility index (Phi) is 6.55. The topological polar surface area (TPSA) is 104 Å². The number of aliphatic hydroxyl groups excluding tert-OH is 1. The number of rotatable bonds is 7. The minimum absolute atomic E-state index is 0.0817. The first-order valence-electron chi connectivity index (χ1n) is 13.2. The number of aromatic amines is 1. The monoisotopic (exact) mass is 511 g/mol. The first-order valence-corrected chi connectivity index (χ1v) is 13.2. The van der Waals surface area contributed by atoms with Crippen LogP contribution in [0.3, 0.4) is 0 Å². The molecule has 38 heavy (non-hydrogen) atoms. The maximum atomic E-state index is 9.94. The second-order valence-corrected chi connectivity index (χ2v) is 10.4. The van der Waals surface area contributed by atoms with Crippen molar-refractivity contribution in [1.82, 2.24) is 34.4 Å². The van der Waals surface area contributed by atoms with Gasteiger partial charge in [-0.1, -0.05) is 19.9 Å². The van der Waals surface area contributed by atoms with Gasteiger partial charge in [0.25, 0.3) is 0 Å². The van der Waals surface area contributed by atoms with Gasteiger partial charge in [-0.3, -0.25) is 4.90 Å². The number of H-pyrrole nitrogens is 1. The van der Waals surface area contributed by atoms with Gasteiger partial charge in [0.05, 0.1) is 19.4 Å². The fourth-order valence-corrected chi connectivity index (χ4v) is 5.77. The van der Waals surface area contributed by atoms with Gasteiger partial charge in [-0.15, -0.1) is 0 Å². The molecule has 0 amide bonds. The molecule has 6 rings (SSSR count). The molecular weight excluding hydrogens is 478 g/mol. The number of aromatic nitrogens is 6. The predicted molar refractivity (Wildman–Crippen MR) is 146 cm³/mol. The summed E-state index contributed by atoms with van der Waals surface area (Å²) >= 11 is 0. The molecule has 0 unspecified atom stereocenters. The Labute approximate surface area is 221 Å². The van der Waals surface area contributed by atoms with Crippen LogP contribution in [0, 0.1) is 0 Å². The molecule has 0 atom stereocenters. The van der Waals surface area contributed by atoms with Gasteiger partial charge >= 0.3 is 6.01 Å². The number of likely N-dealkylation sites (tertiary alicyclic amines) is 1. The van der Waals surface area contributed by atoms with Gasteiger partial charge in [0.2, 0.25) is 0 Å². The summed E-state index contributed by atoms with van der Waals surface area (Å²) in [6.45, 7) is 7.35. The Morgan fingerprint density at radius 1 is 1.11 bits per heavy atom. The Morgan fingerprint density at radius 3 is 2.61 bits per heavy atom. The van der Waals surface area contributed by atoms with Gasteiger partial charge in [0, 0.05) is 52.7 Å². The standard InChI is InChI=1S/C29H33N7O2/c1-18(2)26-24-11-21(20-6-8-35(9-7-20)14-19-12-30-29(38-3)31-13-19)4-5-25(24)34-27(26)22-10-23(16-37)28-32-17-33-36(28)15-22/h4-5,10-13,15,17-18,20,34,37H,6-9,14,16H2,1-3H3. The van der Waals surface area contributed by atoms with Crippen molar-refractivity contribution in [2.24, 2.45) is 0 Å². The van der Waals surface area contributed by atoms with Crippen molar-refractivity contribution >= 4 is 16.6 Å². The van der Waals surface area contributed by atoms with Gasteiger partial charge in [-0.05, 0) is 67.1 Å². The zero-order valence-electron chi connectivity index (χ0n) is 22.1.